The van der Waals surface area contributed by atoms with Gasteiger partial charge in [0, 0.05) is 11.6 Å². The highest BCUT2D eigenvalue weighted by atomic mass is 32.2. The van der Waals surface area contributed by atoms with Crippen LogP contribution in [0.15, 0.2) is 70.8 Å². The molecule has 1 amide bonds. The minimum absolute atomic E-state index is 0.0651. The number of hydrogen-bond donors (Lipinski definition) is 2. The first-order valence-corrected chi connectivity index (χ1v) is 9.89. The molecule has 0 fully saturated rings. The largest absolute Gasteiger partial charge is 0.451 e. The average Bonchev–Trinajstić information content (AvgIpc) is 3.29. The summed E-state index contributed by atoms with van der Waals surface area (Å²) in [6.07, 6.45) is 3.86. The summed E-state index contributed by atoms with van der Waals surface area (Å²) in [6, 6.07) is 8.90. The van der Waals surface area contributed by atoms with Gasteiger partial charge in [-0.25, -0.2) is 18.7 Å². The standard InChI is InChI=1S/C19H12F2N4O4S/c20-13-6-7-14(25-30(27,28)15-5-2-8-29-15)16(21)18(13)24-19(26)12-4-1-3-11-9-22-10-23-17(11)12/h1-10,25H,(H,24,26). The fourth-order valence-corrected chi connectivity index (χ4v) is 3.72. The van der Waals surface area contributed by atoms with Crippen molar-refractivity contribution < 1.29 is 26.4 Å². The maximum atomic E-state index is 14.9. The molecule has 0 aliphatic heterocycles. The normalized spacial score (nSPS) is 11.4. The number of aromatic nitrogens is 2. The maximum Gasteiger partial charge on any atom is 0.295 e. The summed E-state index contributed by atoms with van der Waals surface area (Å²) < 4.78 is 60.3. The Balaban J connectivity index is 1.68. The first-order valence-electron chi connectivity index (χ1n) is 8.41. The van der Waals surface area contributed by atoms with Gasteiger partial charge in [-0.15, -0.1) is 0 Å². The topological polar surface area (TPSA) is 114 Å². The van der Waals surface area contributed by atoms with Crippen molar-refractivity contribution in [3.63, 3.8) is 0 Å². The number of rotatable bonds is 5. The summed E-state index contributed by atoms with van der Waals surface area (Å²) in [4.78, 5) is 20.5. The molecule has 0 atom stereocenters. The maximum absolute atomic E-state index is 14.9. The Morgan fingerprint density at radius 1 is 1.07 bits per heavy atom. The number of nitrogens with one attached hydrogen (secondary N) is 2. The number of amides is 1. The molecule has 11 heteroatoms. The number of fused-ring (bicyclic) bond motifs is 1. The van der Waals surface area contributed by atoms with Gasteiger partial charge in [0.1, 0.15) is 17.8 Å². The fraction of sp³-hybridized carbons (Fsp3) is 0. The molecular formula is C19H12F2N4O4S. The molecule has 2 heterocycles. The summed E-state index contributed by atoms with van der Waals surface area (Å²) >= 11 is 0. The van der Waals surface area contributed by atoms with E-state index in [-0.39, 0.29) is 5.56 Å². The van der Waals surface area contributed by atoms with Crippen LogP contribution in [0.2, 0.25) is 0 Å². The lowest BCUT2D eigenvalue weighted by molar-refractivity contribution is 0.102. The Morgan fingerprint density at radius 2 is 1.90 bits per heavy atom. The van der Waals surface area contributed by atoms with Crippen LogP contribution < -0.4 is 10.0 Å². The molecule has 0 saturated carbocycles. The van der Waals surface area contributed by atoms with Gasteiger partial charge < -0.3 is 9.73 Å². The Bertz CT molecular complexity index is 1350. The van der Waals surface area contributed by atoms with E-state index in [0.29, 0.717) is 10.9 Å². The predicted octanol–water partition coefficient (Wildman–Crippen LogP) is 3.55. The van der Waals surface area contributed by atoms with Crippen molar-refractivity contribution in [3.05, 3.63) is 78.4 Å². The van der Waals surface area contributed by atoms with Crippen LogP contribution >= 0.6 is 0 Å². The van der Waals surface area contributed by atoms with Crippen molar-refractivity contribution in [1.29, 1.82) is 0 Å². The van der Waals surface area contributed by atoms with Crippen LogP contribution in [0.3, 0.4) is 0 Å². The van der Waals surface area contributed by atoms with Gasteiger partial charge in [-0.2, -0.15) is 8.42 Å². The van der Waals surface area contributed by atoms with Gasteiger partial charge in [-0.1, -0.05) is 12.1 Å². The molecule has 0 spiro atoms. The summed E-state index contributed by atoms with van der Waals surface area (Å²) in [5.41, 5.74) is -1.02. The van der Waals surface area contributed by atoms with Crippen molar-refractivity contribution in [2.75, 3.05) is 10.0 Å². The van der Waals surface area contributed by atoms with Crippen molar-refractivity contribution in [2.45, 2.75) is 5.09 Å². The van der Waals surface area contributed by atoms with Crippen LogP contribution in [0.1, 0.15) is 10.4 Å². The van der Waals surface area contributed by atoms with Gasteiger partial charge >= 0.3 is 0 Å². The molecule has 4 aromatic rings. The average molecular weight is 430 g/mol. The van der Waals surface area contributed by atoms with Gasteiger partial charge in [0.05, 0.1) is 23.0 Å². The summed E-state index contributed by atoms with van der Waals surface area (Å²) in [7, 11) is -4.24. The van der Waals surface area contributed by atoms with E-state index < -0.39 is 44.0 Å². The SMILES string of the molecule is O=C(Nc1c(F)ccc(NS(=O)(=O)c2ccco2)c1F)c1cccc2cncnc12. The third-order valence-corrected chi connectivity index (χ3v) is 5.36. The summed E-state index contributed by atoms with van der Waals surface area (Å²) in [5.74, 6) is -3.21. The molecule has 4 rings (SSSR count). The van der Waals surface area contributed by atoms with Gasteiger partial charge in [-0.05, 0) is 30.3 Å². The second kappa shape index (κ2) is 7.52. The first kappa shape index (κ1) is 19.5. The van der Waals surface area contributed by atoms with Gasteiger partial charge in [-0.3, -0.25) is 9.52 Å². The Kier molecular flexibility index (Phi) is 4.88. The fourth-order valence-electron chi connectivity index (χ4n) is 2.74. The van der Waals surface area contributed by atoms with E-state index in [1.54, 1.807) is 12.1 Å². The van der Waals surface area contributed by atoms with E-state index >= 15 is 0 Å². The van der Waals surface area contributed by atoms with E-state index in [4.69, 9.17) is 4.42 Å². The van der Waals surface area contributed by atoms with E-state index in [1.165, 1.54) is 24.7 Å². The van der Waals surface area contributed by atoms with Crippen molar-refractivity contribution in [3.8, 4) is 0 Å². The summed E-state index contributed by atoms with van der Waals surface area (Å²) in [5, 5.41) is 2.25. The third-order valence-electron chi connectivity index (χ3n) is 4.11. The van der Waals surface area contributed by atoms with Gasteiger partial charge in [0.25, 0.3) is 15.9 Å². The highest BCUT2D eigenvalue weighted by molar-refractivity contribution is 7.92. The molecule has 0 saturated heterocycles. The van der Waals surface area contributed by atoms with E-state index in [1.807, 2.05) is 4.72 Å². The smallest absolute Gasteiger partial charge is 0.295 e. The lowest BCUT2D eigenvalue weighted by atomic mass is 10.1. The quantitative estimate of drug-likeness (QED) is 0.501. The van der Waals surface area contributed by atoms with E-state index in [9.17, 15) is 22.0 Å². The zero-order valence-electron chi connectivity index (χ0n) is 15.0. The number of para-hydroxylation sites is 1. The lowest BCUT2D eigenvalue weighted by Crippen LogP contribution is -2.18. The Hall–Kier alpha value is -3.86. The molecule has 0 aliphatic rings. The molecule has 2 aromatic heterocycles. The minimum atomic E-state index is -4.24. The zero-order valence-corrected chi connectivity index (χ0v) is 15.8. The third kappa shape index (κ3) is 3.57. The van der Waals surface area contributed by atoms with Crippen LogP contribution in [-0.4, -0.2) is 24.3 Å². The molecule has 2 aromatic carbocycles. The van der Waals surface area contributed by atoms with Gasteiger partial charge in [0.15, 0.2) is 5.82 Å². The van der Waals surface area contributed by atoms with Crippen molar-refractivity contribution >= 4 is 38.2 Å². The van der Waals surface area contributed by atoms with Crippen LogP contribution in [0.25, 0.3) is 10.9 Å². The number of nitrogens with zero attached hydrogens (tertiary/aromatic N) is 2. The number of halogens is 2. The molecule has 30 heavy (non-hydrogen) atoms. The van der Waals surface area contributed by atoms with Crippen LogP contribution in [-0.2, 0) is 10.0 Å². The van der Waals surface area contributed by atoms with Crippen molar-refractivity contribution in [1.82, 2.24) is 9.97 Å². The number of sulfonamides is 1. The van der Waals surface area contributed by atoms with Crippen LogP contribution in [0.4, 0.5) is 20.2 Å². The highest BCUT2D eigenvalue weighted by Gasteiger charge is 2.23. The molecular weight excluding hydrogens is 418 g/mol. The molecule has 2 N–H and O–H groups in total. The molecule has 8 nitrogen and oxygen atoms in total. The zero-order chi connectivity index (χ0) is 21.3. The van der Waals surface area contributed by atoms with Gasteiger partial charge in [0.2, 0.25) is 5.09 Å². The minimum Gasteiger partial charge on any atom is -0.451 e. The van der Waals surface area contributed by atoms with E-state index in [0.717, 1.165) is 24.5 Å². The molecule has 0 aliphatic carbocycles. The number of anilines is 2. The lowest BCUT2D eigenvalue weighted by Gasteiger charge is -2.13. The number of carbonyl (C=O) groups is 1. The van der Waals surface area contributed by atoms with Crippen LogP contribution in [0.5, 0.6) is 0 Å². The molecule has 0 bridgehead atoms. The number of furan rings is 1. The molecule has 0 unspecified atom stereocenters. The molecule has 0 radical (unpaired) electrons. The molecule has 152 valence electrons. The van der Waals surface area contributed by atoms with Crippen LogP contribution in [0, 0.1) is 11.6 Å². The second-order valence-corrected chi connectivity index (χ2v) is 7.66. The Morgan fingerprint density at radius 3 is 2.67 bits per heavy atom. The number of carbonyl (C=O) groups excluding carboxylic acids is 1. The summed E-state index contributed by atoms with van der Waals surface area (Å²) in [6.45, 7) is 0. The number of benzene rings is 2. The van der Waals surface area contributed by atoms with Crippen molar-refractivity contribution in [2.24, 2.45) is 0 Å². The highest BCUT2D eigenvalue weighted by Crippen LogP contribution is 2.29. The monoisotopic (exact) mass is 430 g/mol. The van der Waals surface area contributed by atoms with E-state index in [2.05, 4.69) is 15.3 Å². The first-order chi connectivity index (χ1) is 14.4. The second-order valence-electron chi connectivity index (χ2n) is 6.04. The number of hydrogen-bond acceptors (Lipinski definition) is 6. The predicted molar refractivity (Wildman–Crippen MR) is 103 cm³/mol. The Labute approximate surface area is 168 Å².